The van der Waals surface area contributed by atoms with Crippen LogP contribution in [0.5, 0.6) is 0 Å². The molecule has 0 N–H and O–H groups in total. The molecule has 6 heteroatoms. The first-order chi connectivity index (χ1) is 12.6. The zero-order valence-electron chi connectivity index (χ0n) is 14.4. The Hall–Kier alpha value is -2.50. The van der Waals surface area contributed by atoms with E-state index in [-0.39, 0.29) is 5.91 Å². The largest absolute Gasteiger partial charge is 0.378 e. The standard InChI is InChI=1S/C20H18ClN3O2/c1-13-17(21)5-4-15-16(20(25)24-7-9-26-10-8-24)11-18(23-19(13)15)14-3-2-6-22-12-14/h2-6,11-12H,7-10H2,1H3. The lowest BCUT2D eigenvalue weighted by Gasteiger charge is -2.27. The van der Waals surface area contributed by atoms with Crippen molar-refractivity contribution in [1.82, 2.24) is 14.9 Å². The second-order valence-electron chi connectivity index (χ2n) is 6.27. The highest BCUT2D eigenvalue weighted by Gasteiger charge is 2.22. The molecular formula is C20H18ClN3O2. The highest BCUT2D eigenvalue weighted by atomic mass is 35.5. The van der Waals surface area contributed by atoms with Crippen molar-refractivity contribution in [2.24, 2.45) is 0 Å². The van der Waals surface area contributed by atoms with Crippen LogP contribution in [0.3, 0.4) is 0 Å². The number of benzene rings is 1. The van der Waals surface area contributed by atoms with E-state index < -0.39 is 0 Å². The fourth-order valence-electron chi connectivity index (χ4n) is 3.18. The Kier molecular flexibility index (Phi) is 4.57. The van der Waals surface area contributed by atoms with Gasteiger partial charge in [-0.15, -0.1) is 0 Å². The Labute approximate surface area is 156 Å². The molecule has 2 aromatic heterocycles. The first-order valence-corrected chi connectivity index (χ1v) is 8.90. The van der Waals surface area contributed by atoms with Crippen molar-refractivity contribution in [3.8, 4) is 11.3 Å². The molecule has 1 aliphatic heterocycles. The summed E-state index contributed by atoms with van der Waals surface area (Å²) in [5, 5.41) is 1.45. The summed E-state index contributed by atoms with van der Waals surface area (Å²) in [5.74, 6) is -0.00689. The van der Waals surface area contributed by atoms with E-state index in [0.717, 1.165) is 22.0 Å². The van der Waals surface area contributed by atoms with Crippen molar-refractivity contribution in [2.45, 2.75) is 6.92 Å². The molecule has 1 fully saturated rings. The highest BCUT2D eigenvalue weighted by molar-refractivity contribution is 6.32. The number of fused-ring (bicyclic) bond motifs is 1. The number of amides is 1. The molecule has 4 rings (SSSR count). The summed E-state index contributed by atoms with van der Waals surface area (Å²) in [6, 6.07) is 9.34. The second kappa shape index (κ2) is 7.02. The fraction of sp³-hybridized carbons (Fsp3) is 0.250. The normalized spacial score (nSPS) is 14.6. The van der Waals surface area contributed by atoms with Crippen molar-refractivity contribution in [3.63, 3.8) is 0 Å². The van der Waals surface area contributed by atoms with E-state index in [1.54, 1.807) is 12.4 Å². The van der Waals surface area contributed by atoms with Gasteiger partial charge >= 0.3 is 0 Å². The monoisotopic (exact) mass is 367 g/mol. The molecule has 0 aliphatic carbocycles. The molecule has 0 saturated carbocycles. The maximum Gasteiger partial charge on any atom is 0.254 e. The topological polar surface area (TPSA) is 55.3 Å². The molecule has 132 valence electrons. The minimum Gasteiger partial charge on any atom is -0.378 e. The Morgan fingerprint density at radius 3 is 2.77 bits per heavy atom. The number of hydrogen-bond donors (Lipinski definition) is 0. The van der Waals surface area contributed by atoms with Crippen LogP contribution < -0.4 is 0 Å². The van der Waals surface area contributed by atoms with Gasteiger partial charge in [-0.2, -0.15) is 0 Å². The van der Waals surface area contributed by atoms with Gasteiger partial charge < -0.3 is 9.64 Å². The Morgan fingerprint density at radius 2 is 2.04 bits per heavy atom. The van der Waals surface area contributed by atoms with Gasteiger partial charge in [0, 0.05) is 41.5 Å². The van der Waals surface area contributed by atoms with E-state index in [1.165, 1.54) is 0 Å². The van der Waals surface area contributed by atoms with Gasteiger partial charge in [0.25, 0.3) is 5.91 Å². The zero-order valence-corrected chi connectivity index (χ0v) is 15.2. The lowest BCUT2D eigenvalue weighted by molar-refractivity contribution is 0.0304. The first-order valence-electron chi connectivity index (χ1n) is 8.52. The van der Waals surface area contributed by atoms with Gasteiger partial charge in [0.05, 0.1) is 30.0 Å². The maximum absolute atomic E-state index is 13.2. The molecule has 3 heterocycles. The van der Waals surface area contributed by atoms with Crippen LogP contribution >= 0.6 is 11.6 Å². The molecule has 0 atom stereocenters. The first kappa shape index (κ1) is 16.9. The summed E-state index contributed by atoms with van der Waals surface area (Å²) in [4.78, 5) is 24.0. The fourth-order valence-corrected chi connectivity index (χ4v) is 3.33. The lowest BCUT2D eigenvalue weighted by Crippen LogP contribution is -2.40. The number of halogens is 1. The Bertz CT molecular complexity index is 970. The third-order valence-electron chi connectivity index (χ3n) is 4.65. The molecule has 1 aromatic carbocycles. The van der Waals surface area contributed by atoms with E-state index in [1.807, 2.05) is 42.2 Å². The molecule has 3 aromatic rings. The maximum atomic E-state index is 13.2. The van der Waals surface area contributed by atoms with E-state index >= 15 is 0 Å². The van der Waals surface area contributed by atoms with Crippen molar-refractivity contribution in [3.05, 3.63) is 58.9 Å². The molecule has 0 unspecified atom stereocenters. The van der Waals surface area contributed by atoms with Crippen LogP contribution in [-0.4, -0.2) is 47.1 Å². The van der Waals surface area contributed by atoms with Crippen molar-refractivity contribution >= 4 is 28.4 Å². The molecule has 0 spiro atoms. The zero-order chi connectivity index (χ0) is 18.1. The minimum absolute atomic E-state index is 0.00689. The minimum atomic E-state index is -0.00689. The van der Waals surface area contributed by atoms with E-state index in [0.29, 0.717) is 42.6 Å². The molecule has 26 heavy (non-hydrogen) atoms. The summed E-state index contributed by atoms with van der Waals surface area (Å²) in [5.41, 5.74) is 3.83. The van der Waals surface area contributed by atoms with Crippen LogP contribution in [0.2, 0.25) is 5.02 Å². The number of hydrogen-bond acceptors (Lipinski definition) is 4. The molecule has 1 saturated heterocycles. The molecule has 1 amide bonds. The third-order valence-corrected chi connectivity index (χ3v) is 5.06. The van der Waals surface area contributed by atoms with E-state index in [2.05, 4.69) is 4.98 Å². The van der Waals surface area contributed by atoms with Crippen LogP contribution in [0.4, 0.5) is 0 Å². The number of nitrogens with zero attached hydrogens (tertiary/aromatic N) is 3. The molecule has 0 bridgehead atoms. The highest BCUT2D eigenvalue weighted by Crippen LogP contribution is 2.30. The number of carbonyl (C=O) groups excluding carboxylic acids is 1. The Balaban J connectivity index is 1.92. The summed E-state index contributed by atoms with van der Waals surface area (Å²) >= 11 is 6.30. The summed E-state index contributed by atoms with van der Waals surface area (Å²) < 4.78 is 5.37. The lowest BCUT2D eigenvalue weighted by atomic mass is 10.0. The SMILES string of the molecule is Cc1c(Cl)ccc2c(C(=O)N3CCOCC3)cc(-c3cccnc3)nc12. The van der Waals surface area contributed by atoms with Gasteiger partial charge in [-0.1, -0.05) is 17.7 Å². The van der Waals surface area contributed by atoms with Gasteiger partial charge in [-0.05, 0) is 36.8 Å². The number of aromatic nitrogens is 2. The average Bonchev–Trinajstić information content (AvgIpc) is 2.71. The van der Waals surface area contributed by atoms with Crippen LogP contribution in [0.25, 0.3) is 22.2 Å². The van der Waals surface area contributed by atoms with Gasteiger partial charge in [-0.25, -0.2) is 4.98 Å². The van der Waals surface area contributed by atoms with Gasteiger partial charge in [0.2, 0.25) is 0 Å². The van der Waals surface area contributed by atoms with E-state index in [9.17, 15) is 4.79 Å². The predicted octanol–water partition coefficient (Wildman–Crippen LogP) is 3.73. The number of carbonyl (C=O) groups is 1. The molecule has 1 aliphatic rings. The summed E-state index contributed by atoms with van der Waals surface area (Å²) in [6.07, 6.45) is 3.46. The van der Waals surface area contributed by atoms with Crippen LogP contribution in [0.1, 0.15) is 15.9 Å². The van der Waals surface area contributed by atoms with Gasteiger partial charge in [-0.3, -0.25) is 9.78 Å². The van der Waals surface area contributed by atoms with Crippen LogP contribution in [-0.2, 0) is 4.74 Å². The summed E-state index contributed by atoms with van der Waals surface area (Å²) in [7, 11) is 0. The number of ether oxygens (including phenoxy) is 1. The van der Waals surface area contributed by atoms with E-state index in [4.69, 9.17) is 21.3 Å². The quantitative estimate of drug-likeness (QED) is 0.692. The van der Waals surface area contributed by atoms with Gasteiger partial charge in [0.15, 0.2) is 0 Å². The Morgan fingerprint density at radius 1 is 1.23 bits per heavy atom. The smallest absolute Gasteiger partial charge is 0.254 e. The van der Waals surface area contributed by atoms with Crippen LogP contribution in [0, 0.1) is 6.92 Å². The third kappa shape index (κ3) is 3.04. The molecular weight excluding hydrogens is 350 g/mol. The van der Waals surface area contributed by atoms with Crippen molar-refractivity contribution in [2.75, 3.05) is 26.3 Å². The predicted molar refractivity (Wildman–Crippen MR) is 101 cm³/mol. The molecule has 5 nitrogen and oxygen atoms in total. The van der Waals surface area contributed by atoms with Crippen molar-refractivity contribution < 1.29 is 9.53 Å². The number of aryl methyl sites for hydroxylation is 1. The second-order valence-corrected chi connectivity index (χ2v) is 6.68. The number of pyridine rings is 2. The van der Waals surface area contributed by atoms with Gasteiger partial charge in [0.1, 0.15) is 0 Å². The summed E-state index contributed by atoms with van der Waals surface area (Å²) in [6.45, 7) is 4.24. The average molecular weight is 368 g/mol. The van der Waals surface area contributed by atoms with Crippen molar-refractivity contribution in [1.29, 1.82) is 0 Å². The number of rotatable bonds is 2. The molecule has 0 radical (unpaired) electrons. The number of morpholine rings is 1. The van der Waals surface area contributed by atoms with Crippen LogP contribution in [0.15, 0.2) is 42.7 Å².